The lowest BCUT2D eigenvalue weighted by molar-refractivity contribution is 0.0531. The van der Waals surface area contributed by atoms with Crippen LogP contribution in [0.15, 0.2) is 22.5 Å². The smallest absolute Gasteiger partial charge is 0.350 e. The van der Waals surface area contributed by atoms with Gasteiger partial charge in [-0.05, 0) is 56.5 Å². The summed E-state index contributed by atoms with van der Waals surface area (Å²) < 4.78 is 39.4. The van der Waals surface area contributed by atoms with Crippen LogP contribution in [0.3, 0.4) is 0 Å². The SMILES string of the molecule is CCOC(=O)c1sc(S(=O)(=O)NC2CCCN(c3nc(Cl)nc4cc(N5CCOCC5)ccc34)C2)nc1C. The van der Waals surface area contributed by atoms with Crippen molar-refractivity contribution in [2.75, 3.05) is 55.8 Å². The summed E-state index contributed by atoms with van der Waals surface area (Å²) in [5.74, 6) is 0.101. The van der Waals surface area contributed by atoms with Crippen LogP contribution in [0.2, 0.25) is 5.28 Å². The number of carbonyl (C=O) groups is 1. The molecule has 2 aliphatic heterocycles. The molecule has 204 valence electrons. The second kappa shape index (κ2) is 11.3. The van der Waals surface area contributed by atoms with Crippen LogP contribution in [-0.2, 0) is 19.5 Å². The summed E-state index contributed by atoms with van der Waals surface area (Å²) in [6, 6.07) is 5.67. The summed E-state index contributed by atoms with van der Waals surface area (Å²) >= 11 is 7.15. The number of hydrogen-bond donors (Lipinski definition) is 1. The molecule has 5 rings (SSSR count). The highest BCUT2D eigenvalue weighted by atomic mass is 35.5. The van der Waals surface area contributed by atoms with E-state index >= 15 is 0 Å². The van der Waals surface area contributed by atoms with Gasteiger partial charge in [-0.15, -0.1) is 0 Å². The lowest BCUT2D eigenvalue weighted by Crippen LogP contribution is -2.48. The molecular formula is C24H29ClN6O5S2. The number of esters is 1. The Bertz CT molecular complexity index is 1440. The van der Waals surface area contributed by atoms with Crippen molar-refractivity contribution in [2.45, 2.75) is 37.1 Å². The molecule has 0 aliphatic carbocycles. The van der Waals surface area contributed by atoms with Gasteiger partial charge in [-0.25, -0.2) is 27.9 Å². The third kappa shape index (κ3) is 5.71. The van der Waals surface area contributed by atoms with Crippen LogP contribution >= 0.6 is 22.9 Å². The summed E-state index contributed by atoms with van der Waals surface area (Å²) in [6.07, 6.45) is 1.41. The molecule has 0 saturated carbocycles. The van der Waals surface area contributed by atoms with Gasteiger partial charge in [-0.1, -0.05) is 11.3 Å². The summed E-state index contributed by atoms with van der Waals surface area (Å²) in [4.78, 5) is 29.7. The molecular weight excluding hydrogens is 552 g/mol. The highest BCUT2D eigenvalue weighted by Crippen LogP contribution is 2.31. The Morgan fingerprint density at radius 1 is 1.21 bits per heavy atom. The fourth-order valence-electron chi connectivity index (χ4n) is 4.74. The first-order valence-electron chi connectivity index (χ1n) is 12.5. The van der Waals surface area contributed by atoms with E-state index in [2.05, 4.69) is 24.6 Å². The summed E-state index contributed by atoms with van der Waals surface area (Å²) in [7, 11) is -3.94. The van der Waals surface area contributed by atoms with Crippen molar-refractivity contribution < 1.29 is 22.7 Å². The lowest BCUT2D eigenvalue weighted by atomic mass is 10.1. The van der Waals surface area contributed by atoms with Crippen molar-refractivity contribution >= 4 is 61.3 Å². The molecule has 4 heterocycles. The predicted molar refractivity (Wildman–Crippen MR) is 146 cm³/mol. The van der Waals surface area contributed by atoms with Crippen molar-refractivity contribution in [2.24, 2.45) is 0 Å². The van der Waals surface area contributed by atoms with Gasteiger partial charge in [0.2, 0.25) is 9.62 Å². The van der Waals surface area contributed by atoms with Crippen molar-refractivity contribution in [1.82, 2.24) is 19.7 Å². The third-order valence-corrected chi connectivity index (χ3v) is 9.72. The van der Waals surface area contributed by atoms with E-state index in [0.717, 1.165) is 47.4 Å². The Hall–Kier alpha value is -2.58. The largest absolute Gasteiger partial charge is 0.462 e. The molecule has 3 aromatic rings. The van der Waals surface area contributed by atoms with Crippen LogP contribution < -0.4 is 14.5 Å². The van der Waals surface area contributed by atoms with E-state index in [0.29, 0.717) is 44.2 Å². The van der Waals surface area contributed by atoms with E-state index in [1.165, 1.54) is 0 Å². The number of benzene rings is 1. The van der Waals surface area contributed by atoms with Gasteiger partial charge < -0.3 is 19.3 Å². The fraction of sp³-hybridized carbons (Fsp3) is 0.500. The zero-order chi connectivity index (χ0) is 26.9. The number of nitrogens with one attached hydrogen (secondary N) is 1. The van der Waals surface area contributed by atoms with Crippen LogP contribution in [-0.4, -0.2) is 81.4 Å². The zero-order valence-corrected chi connectivity index (χ0v) is 23.5. The van der Waals surface area contributed by atoms with E-state index in [1.807, 2.05) is 23.1 Å². The number of piperidine rings is 1. The summed E-state index contributed by atoms with van der Waals surface area (Å²) in [5.41, 5.74) is 2.11. The standard InChI is InChI=1S/C24H29ClN6O5S2/c1-3-36-22(32)20-15(2)26-24(37-20)38(33,34)29-16-5-4-8-31(14-16)21-18-7-6-17(30-9-11-35-12-10-30)13-19(18)27-23(25)28-21/h6-7,13,16,29H,3-5,8-12,14H2,1-2H3. The number of ether oxygens (including phenoxy) is 2. The topological polar surface area (TPSA) is 127 Å². The lowest BCUT2D eigenvalue weighted by Gasteiger charge is -2.34. The van der Waals surface area contributed by atoms with Gasteiger partial charge >= 0.3 is 5.97 Å². The maximum absolute atomic E-state index is 13.1. The summed E-state index contributed by atoms with van der Waals surface area (Å²) in [5, 5.41) is 0.989. The van der Waals surface area contributed by atoms with Crippen molar-refractivity contribution in [1.29, 1.82) is 0 Å². The second-order valence-corrected chi connectivity index (χ2v) is 12.4. The Kier molecular flexibility index (Phi) is 8.00. The molecule has 2 fully saturated rings. The number of morpholine rings is 1. The second-order valence-electron chi connectivity index (χ2n) is 9.14. The Morgan fingerprint density at radius 3 is 2.76 bits per heavy atom. The number of sulfonamides is 1. The number of aryl methyl sites for hydroxylation is 1. The molecule has 0 bridgehead atoms. The number of fused-ring (bicyclic) bond motifs is 1. The van der Waals surface area contributed by atoms with Gasteiger partial charge in [-0.2, -0.15) is 4.98 Å². The Balaban J connectivity index is 1.36. The van der Waals surface area contributed by atoms with E-state index in [9.17, 15) is 13.2 Å². The minimum absolute atomic E-state index is 0.138. The van der Waals surface area contributed by atoms with E-state index in [4.69, 9.17) is 21.1 Å². The van der Waals surface area contributed by atoms with E-state index in [1.54, 1.807) is 13.8 Å². The predicted octanol–water partition coefficient (Wildman–Crippen LogP) is 3.01. The number of rotatable bonds is 7. The van der Waals surface area contributed by atoms with Crippen LogP contribution in [0, 0.1) is 6.92 Å². The van der Waals surface area contributed by atoms with Crippen molar-refractivity contribution in [3.05, 3.63) is 34.1 Å². The van der Waals surface area contributed by atoms with E-state index < -0.39 is 16.0 Å². The number of aromatic nitrogens is 3. The number of carbonyl (C=O) groups excluding carboxylic acids is 1. The van der Waals surface area contributed by atoms with Gasteiger partial charge in [0, 0.05) is 43.3 Å². The van der Waals surface area contributed by atoms with Gasteiger partial charge in [-0.3, -0.25) is 0 Å². The first-order chi connectivity index (χ1) is 18.2. The van der Waals surface area contributed by atoms with Gasteiger partial charge in [0.15, 0.2) is 0 Å². The number of anilines is 2. The average Bonchev–Trinajstić information content (AvgIpc) is 3.31. The Labute approximate surface area is 230 Å². The molecule has 0 radical (unpaired) electrons. The molecule has 2 aromatic heterocycles. The van der Waals surface area contributed by atoms with Crippen molar-refractivity contribution in [3.63, 3.8) is 0 Å². The quantitative estimate of drug-likeness (QED) is 0.329. The van der Waals surface area contributed by atoms with Crippen LogP contribution in [0.4, 0.5) is 11.5 Å². The molecule has 1 aromatic carbocycles. The first kappa shape index (κ1) is 27.0. The molecule has 1 atom stereocenters. The van der Waals surface area contributed by atoms with E-state index in [-0.39, 0.29) is 27.1 Å². The molecule has 0 amide bonds. The minimum atomic E-state index is -3.94. The molecule has 11 nitrogen and oxygen atoms in total. The molecule has 0 spiro atoms. The molecule has 1 N–H and O–H groups in total. The molecule has 2 saturated heterocycles. The average molecular weight is 581 g/mol. The van der Waals surface area contributed by atoms with Crippen LogP contribution in [0.25, 0.3) is 10.9 Å². The third-order valence-electron chi connectivity index (χ3n) is 6.52. The minimum Gasteiger partial charge on any atom is -0.462 e. The van der Waals surface area contributed by atoms with Crippen LogP contribution in [0.5, 0.6) is 0 Å². The zero-order valence-electron chi connectivity index (χ0n) is 21.1. The maximum atomic E-state index is 13.1. The number of hydrogen-bond acceptors (Lipinski definition) is 11. The number of thiazole rings is 1. The van der Waals surface area contributed by atoms with Gasteiger partial charge in [0.1, 0.15) is 10.7 Å². The number of nitrogens with zero attached hydrogens (tertiary/aromatic N) is 5. The highest BCUT2D eigenvalue weighted by molar-refractivity contribution is 7.91. The molecule has 38 heavy (non-hydrogen) atoms. The fourth-order valence-corrected chi connectivity index (χ4v) is 7.43. The van der Waals surface area contributed by atoms with Gasteiger partial charge in [0.25, 0.3) is 10.0 Å². The summed E-state index contributed by atoms with van der Waals surface area (Å²) in [6.45, 7) is 7.59. The highest BCUT2D eigenvalue weighted by Gasteiger charge is 2.30. The molecule has 14 heteroatoms. The van der Waals surface area contributed by atoms with Gasteiger partial charge in [0.05, 0.1) is 31.0 Å². The monoisotopic (exact) mass is 580 g/mol. The van der Waals surface area contributed by atoms with Crippen LogP contribution in [0.1, 0.15) is 35.1 Å². The number of halogens is 1. The maximum Gasteiger partial charge on any atom is 0.350 e. The Morgan fingerprint density at radius 2 is 2.00 bits per heavy atom. The first-order valence-corrected chi connectivity index (χ1v) is 15.1. The molecule has 1 unspecified atom stereocenters. The van der Waals surface area contributed by atoms with Crippen molar-refractivity contribution in [3.8, 4) is 0 Å². The molecule has 2 aliphatic rings. The normalized spacial score (nSPS) is 18.7.